The molecule has 1 aliphatic heterocycles. The Balaban J connectivity index is 1.91. The van der Waals surface area contributed by atoms with Crippen molar-refractivity contribution in [1.29, 1.82) is 0 Å². The molecule has 1 aromatic carbocycles. The Kier molecular flexibility index (Phi) is 8.90. The number of rotatable bonds is 5. The topological polar surface area (TPSA) is 97.4 Å². The zero-order chi connectivity index (χ0) is 24.8. The van der Waals surface area contributed by atoms with E-state index in [2.05, 4.69) is 5.32 Å². The predicted octanol–water partition coefficient (Wildman–Crippen LogP) is 2.40. The number of carbonyl (C=O) groups excluding carboxylic acids is 3. The van der Waals surface area contributed by atoms with E-state index >= 15 is 0 Å². The molecule has 1 aliphatic carbocycles. The molecule has 2 aliphatic rings. The summed E-state index contributed by atoms with van der Waals surface area (Å²) in [6.45, 7) is 4.87. The van der Waals surface area contributed by atoms with E-state index in [-0.39, 0.29) is 54.9 Å². The number of hydrogen-bond acceptors (Lipinski definition) is 6. The molecule has 34 heavy (non-hydrogen) atoms. The number of carbonyl (C=O) groups is 3. The Morgan fingerprint density at radius 3 is 2.53 bits per heavy atom. The third-order valence-electron chi connectivity index (χ3n) is 6.78. The van der Waals surface area contributed by atoms with Gasteiger partial charge in [-0.3, -0.25) is 14.4 Å². The van der Waals surface area contributed by atoms with E-state index in [0.717, 1.165) is 19.3 Å². The van der Waals surface area contributed by atoms with Crippen molar-refractivity contribution in [1.82, 2.24) is 9.80 Å². The number of hydrogen-bond donors (Lipinski definition) is 1. The first-order valence-electron chi connectivity index (χ1n) is 11.9. The average molecular weight is 476 g/mol. The van der Waals surface area contributed by atoms with Gasteiger partial charge in [-0.05, 0) is 31.9 Å². The summed E-state index contributed by atoms with van der Waals surface area (Å²) < 4.78 is 16.9. The summed E-state index contributed by atoms with van der Waals surface area (Å²) in [7, 11) is 4.83. The van der Waals surface area contributed by atoms with Crippen LogP contribution >= 0.6 is 0 Å². The van der Waals surface area contributed by atoms with Crippen LogP contribution in [-0.4, -0.2) is 87.2 Å². The summed E-state index contributed by atoms with van der Waals surface area (Å²) in [4.78, 5) is 41.8. The molecule has 3 atom stereocenters. The second kappa shape index (κ2) is 11.7. The summed E-state index contributed by atoms with van der Waals surface area (Å²) in [6.07, 6.45) is 2.62. The molecule has 1 saturated carbocycles. The number of fused-ring (bicyclic) bond motifs is 1. The molecule has 9 heteroatoms. The number of methoxy groups -OCH3 is 2. The summed E-state index contributed by atoms with van der Waals surface area (Å²) in [5.74, 6) is 0.0565. The van der Waals surface area contributed by atoms with Crippen molar-refractivity contribution < 1.29 is 28.6 Å². The molecule has 1 fully saturated rings. The zero-order valence-electron chi connectivity index (χ0n) is 20.8. The minimum absolute atomic E-state index is 0.00979. The van der Waals surface area contributed by atoms with Gasteiger partial charge in [-0.25, -0.2) is 0 Å². The third kappa shape index (κ3) is 6.07. The summed E-state index contributed by atoms with van der Waals surface area (Å²) in [5, 5.41) is 2.94. The zero-order valence-corrected chi connectivity index (χ0v) is 20.8. The second-order valence-electron chi connectivity index (χ2n) is 9.40. The second-order valence-corrected chi connectivity index (χ2v) is 9.40. The maximum atomic E-state index is 13.3. The van der Waals surface area contributed by atoms with Gasteiger partial charge in [0.2, 0.25) is 11.8 Å². The molecule has 1 N–H and O–H groups in total. The monoisotopic (exact) mass is 475 g/mol. The highest BCUT2D eigenvalue weighted by Crippen LogP contribution is 2.30. The fourth-order valence-electron chi connectivity index (χ4n) is 4.32. The van der Waals surface area contributed by atoms with Crippen LogP contribution in [0.5, 0.6) is 5.75 Å². The minimum atomic E-state index is -0.268. The van der Waals surface area contributed by atoms with Gasteiger partial charge >= 0.3 is 0 Å². The summed E-state index contributed by atoms with van der Waals surface area (Å²) in [5.41, 5.74) is 0.982. The molecule has 1 heterocycles. The lowest BCUT2D eigenvalue weighted by atomic mass is 9.85. The molecule has 188 valence electrons. The van der Waals surface area contributed by atoms with E-state index in [0.29, 0.717) is 30.1 Å². The van der Waals surface area contributed by atoms with Gasteiger partial charge in [-0.1, -0.05) is 13.3 Å². The van der Waals surface area contributed by atoms with E-state index in [9.17, 15) is 14.4 Å². The number of amides is 3. The fraction of sp³-hybridized carbons (Fsp3) is 0.640. The van der Waals surface area contributed by atoms with Crippen LogP contribution in [0.1, 0.15) is 43.5 Å². The van der Waals surface area contributed by atoms with Gasteiger partial charge in [-0.2, -0.15) is 0 Å². The van der Waals surface area contributed by atoms with Gasteiger partial charge in [0, 0.05) is 57.9 Å². The first-order chi connectivity index (χ1) is 16.2. The number of ether oxygens (including phenoxy) is 3. The van der Waals surface area contributed by atoms with Crippen molar-refractivity contribution in [2.24, 2.45) is 11.8 Å². The molecule has 0 saturated heterocycles. The molecule has 1 aromatic rings. The Bertz CT molecular complexity index is 887. The van der Waals surface area contributed by atoms with E-state index < -0.39 is 0 Å². The third-order valence-corrected chi connectivity index (χ3v) is 6.78. The first kappa shape index (κ1) is 26.0. The lowest BCUT2D eigenvalue weighted by Gasteiger charge is -2.36. The van der Waals surface area contributed by atoms with Crippen LogP contribution in [0.4, 0.5) is 5.69 Å². The van der Waals surface area contributed by atoms with Gasteiger partial charge in [0.1, 0.15) is 19.0 Å². The molecular weight excluding hydrogens is 438 g/mol. The summed E-state index contributed by atoms with van der Waals surface area (Å²) >= 11 is 0. The lowest BCUT2D eigenvalue weighted by Crippen LogP contribution is -2.49. The smallest absolute Gasteiger partial charge is 0.257 e. The Morgan fingerprint density at radius 2 is 1.91 bits per heavy atom. The number of anilines is 1. The van der Waals surface area contributed by atoms with E-state index in [4.69, 9.17) is 14.2 Å². The van der Waals surface area contributed by atoms with Crippen LogP contribution in [0.15, 0.2) is 18.2 Å². The molecular formula is C25H37N3O6. The number of nitrogens with zero attached hydrogens (tertiary/aromatic N) is 2. The molecule has 3 rings (SSSR count). The maximum Gasteiger partial charge on any atom is 0.257 e. The van der Waals surface area contributed by atoms with Gasteiger partial charge in [0.05, 0.1) is 17.7 Å². The Labute approximate surface area is 201 Å². The molecule has 0 aromatic heterocycles. The number of nitrogens with one attached hydrogen (secondary N) is 1. The van der Waals surface area contributed by atoms with Crippen LogP contribution in [0.25, 0.3) is 0 Å². The van der Waals surface area contributed by atoms with E-state index in [1.54, 1.807) is 42.2 Å². The van der Waals surface area contributed by atoms with Crippen molar-refractivity contribution in [3.05, 3.63) is 23.8 Å². The van der Waals surface area contributed by atoms with Crippen LogP contribution in [0.2, 0.25) is 0 Å². The van der Waals surface area contributed by atoms with Crippen molar-refractivity contribution in [3.8, 4) is 5.75 Å². The van der Waals surface area contributed by atoms with Gasteiger partial charge in [-0.15, -0.1) is 0 Å². The molecule has 0 radical (unpaired) electrons. The maximum absolute atomic E-state index is 13.3. The lowest BCUT2D eigenvalue weighted by molar-refractivity contribution is -0.139. The molecule has 3 amide bonds. The van der Waals surface area contributed by atoms with Crippen LogP contribution in [0, 0.1) is 11.8 Å². The van der Waals surface area contributed by atoms with Crippen LogP contribution in [-0.2, 0) is 19.1 Å². The first-order valence-corrected chi connectivity index (χ1v) is 11.9. The molecule has 9 nitrogen and oxygen atoms in total. The van der Waals surface area contributed by atoms with Crippen molar-refractivity contribution in [2.75, 3.05) is 52.9 Å². The molecule has 0 spiro atoms. The summed E-state index contributed by atoms with van der Waals surface area (Å²) in [6, 6.07) is 4.83. The van der Waals surface area contributed by atoms with E-state index in [1.807, 2.05) is 13.8 Å². The number of likely N-dealkylation sites (N-methyl/N-ethyl adjacent to an activating group) is 1. The van der Waals surface area contributed by atoms with Crippen molar-refractivity contribution in [3.63, 3.8) is 0 Å². The standard InChI is InChI=1S/C25H37N3O6/c1-16-12-28(23(29)15-32-4)17(2)14-34-21-11-19(26-24(30)18-7-6-8-18)9-10-20(21)25(31)27(3)13-22(16)33-5/h9-11,16-18,22H,6-8,12-15H2,1-5H3,(H,26,30)/t16-,17+,22-/m1/s1. The van der Waals surface area contributed by atoms with Crippen LogP contribution < -0.4 is 10.1 Å². The Morgan fingerprint density at radius 1 is 1.18 bits per heavy atom. The SMILES string of the molecule is COCC(=O)N1C[C@@H](C)[C@H](OC)CN(C)C(=O)c2ccc(NC(=O)C3CCC3)cc2OC[C@@H]1C. The fourth-order valence-corrected chi connectivity index (χ4v) is 4.32. The van der Waals surface area contributed by atoms with Gasteiger partial charge < -0.3 is 29.3 Å². The van der Waals surface area contributed by atoms with Crippen molar-refractivity contribution in [2.45, 2.75) is 45.3 Å². The largest absolute Gasteiger partial charge is 0.491 e. The van der Waals surface area contributed by atoms with Gasteiger partial charge in [0.25, 0.3) is 5.91 Å². The molecule has 0 bridgehead atoms. The van der Waals surface area contributed by atoms with Gasteiger partial charge in [0.15, 0.2) is 0 Å². The normalized spacial score (nSPS) is 24.3. The highest BCUT2D eigenvalue weighted by Gasteiger charge is 2.31. The quantitative estimate of drug-likeness (QED) is 0.703. The highest BCUT2D eigenvalue weighted by molar-refractivity contribution is 5.99. The van der Waals surface area contributed by atoms with Crippen molar-refractivity contribution >= 4 is 23.4 Å². The minimum Gasteiger partial charge on any atom is -0.491 e. The van der Waals surface area contributed by atoms with Crippen LogP contribution in [0.3, 0.4) is 0 Å². The Hall–Kier alpha value is -2.65. The van der Waals surface area contributed by atoms with E-state index in [1.165, 1.54) is 7.11 Å². The molecule has 0 unspecified atom stereocenters. The highest BCUT2D eigenvalue weighted by atomic mass is 16.5. The predicted molar refractivity (Wildman–Crippen MR) is 128 cm³/mol. The number of benzene rings is 1. The average Bonchev–Trinajstić information content (AvgIpc) is 2.77.